The Kier molecular flexibility index (Phi) is 4.57. The van der Waals surface area contributed by atoms with E-state index in [2.05, 4.69) is 29.6 Å². The van der Waals surface area contributed by atoms with Gasteiger partial charge in [-0.05, 0) is 42.7 Å². The number of rotatable bonds is 4. The van der Waals surface area contributed by atoms with Crippen LogP contribution in [0.2, 0.25) is 0 Å². The van der Waals surface area contributed by atoms with Crippen molar-refractivity contribution in [1.82, 2.24) is 5.32 Å². The highest BCUT2D eigenvalue weighted by Gasteiger charge is 2.22. The summed E-state index contributed by atoms with van der Waals surface area (Å²) in [6, 6.07) is 10.1. The second kappa shape index (κ2) is 6.38. The van der Waals surface area contributed by atoms with Gasteiger partial charge in [0.2, 0.25) is 5.91 Å². The summed E-state index contributed by atoms with van der Waals surface area (Å²) in [6.07, 6.45) is 4.47. The van der Waals surface area contributed by atoms with Crippen molar-refractivity contribution < 1.29 is 4.79 Å². The van der Waals surface area contributed by atoms with Crippen LogP contribution in [0.25, 0.3) is 0 Å². The molecular formula is C16H20N2O. The number of hydrogen-bond acceptors (Lipinski definition) is 2. The molecule has 0 saturated carbocycles. The van der Waals surface area contributed by atoms with Crippen molar-refractivity contribution in [2.75, 3.05) is 0 Å². The monoisotopic (exact) mass is 256 g/mol. The molecule has 0 aromatic heterocycles. The predicted molar refractivity (Wildman–Crippen MR) is 74.6 cm³/mol. The molecule has 1 aliphatic carbocycles. The van der Waals surface area contributed by atoms with Crippen LogP contribution in [0, 0.1) is 11.3 Å². The fourth-order valence-electron chi connectivity index (χ4n) is 2.77. The summed E-state index contributed by atoms with van der Waals surface area (Å²) in [5.74, 6) is 0.302. The van der Waals surface area contributed by atoms with E-state index in [-0.39, 0.29) is 11.9 Å². The van der Waals surface area contributed by atoms with Gasteiger partial charge in [0, 0.05) is 6.42 Å². The molecule has 0 radical (unpaired) electrons. The fraction of sp³-hybridized carbons (Fsp3) is 0.500. The van der Waals surface area contributed by atoms with Gasteiger partial charge in [0.25, 0.3) is 0 Å². The van der Waals surface area contributed by atoms with Crippen molar-refractivity contribution in [3.8, 4) is 6.07 Å². The number of aryl methyl sites for hydroxylation is 1. The summed E-state index contributed by atoms with van der Waals surface area (Å²) >= 11 is 0. The lowest BCUT2D eigenvalue weighted by molar-refractivity contribution is -0.121. The van der Waals surface area contributed by atoms with Gasteiger partial charge in [0.05, 0.1) is 6.07 Å². The van der Waals surface area contributed by atoms with Gasteiger partial charge >= 0.3 is 0 Å². The van der Waals surface area contributed by atoms with Crippen LogP contribution in [0.15, 0.2) is 24.3 Å². The summed E-state index contributed by atoms with van der Waals surface area (Å²) in [5, 5.41) is 11.7. The van der Waals surface area contributed by atoms with Crippen LogP contribution in [0.1, 0.15) is 49.7 Å². The van der Waals surface area contributed by atoms with E-state index in [1.165, 1.54) is 11.1 Å². The number of nitrogens with zero attached hydrogens (tertiary/aromatic N) is 1. The third-order valence-electron chi connectivity index (χ3n) is 3.82. The molecule has 0 saturated heterocycles. The Labute approximate surface area is 114 Å². The number of nitriles is 1. The molecule has 2 atom stereocenters. The van der Waals surface area contributed by atoms with Crippen molar-refractivity contribution in [2.45, 2.75) is 51.0 Å². The van der Waals surface area contributed by atoms with Gasteiger partial charge in [0.15, 0.2) is 0 Å². The number of carbonyl (C=O) groups excluding carboxylic acids is 1. The number of nitrogens with one attached hydrogen (secondary N) is 1. The molecule has 0 aliphatic heterocycles. The molecule has 1 aromatic carbocycles. The van der Waals surface area contributed by atoms with E-state index in [1.54, 1.807) is 0 Å². The number of amides is 1. The zero-order valence-electron chi connectivity index (χ0n) is 11.4. The first-order valence-corrected chi connectivity index (χ1v) is 7.01. The molecule has 3 nitrogen and oxygen atoms in total. The van der Waals surface area contributed by atoms with Crippen LogP contribution in [-0.2, 0) is 11.2 Å². The summed E-state index contributed by atoms with van der Waals surface area (Å²) in [5.41, 5.74) is 2.69. The third-order valence-corrected chi connectivity index (χ3v) is 3.82. The Bertz CT molecular complexity index is 490. The smallest absolute Gasteiger partial charge is 0.221 e. The van der Waals surface area contributed by atoms with E-state index < -0.39 is 0 Å². The molecule has 3 heteroatoms. The molecule has 1 N–H and O–H groups in total. The largest absolute Gasteiger partial charge is 0.340 e. The summed E-state index contributed by atoms with van der Waals surface area (Å²) in [7, 11) is 0. The fourth-order valence-corrected chi connectivity index (χ4v) is 2.77. The number of fused-ring (bicyclic) bond motifs is 1. The van der Waals surface area contributed by atoms with E-state index in [0.717, 1.165) is 19.3 Å². The highest BCUT2D eigenvalue weighted by molar-refractivity contribution is 5.77. The maximum Gasteiger partial charge on any atom is 0.221 e. The summed E-state index contributed by atoms with van der Waals surface area (Å²) in [4.78, 5) is 12.0. The standard InChI is InChI=1S/C16H20N2O/c1-2-14(11-17)18-16(19)10-13-8-5-7-12-6-3-4-9-15(12)13/h3-4,6,9,13-14H,2,5,7-8,10H2,1H3,(H,18,19)/t13-,14-/m0/s1. The van der Waals surface area contributed by atoms with Gasteiger partial charge in [-0.1, -0.05) is 31.2 Å². The molecule has 0 fully saturated rings. The van der Waals surface area contributed by atoms with Gasteiger partial charge in [-0.2, -0.15) is 5.26 Å². The van der Waals surface area contributed by atoms with Crippen molar-refractivity contribution in [3.05, 3.63) is 35.4 Å². The van der Waals surface area contributed by atoms with Crippen molar-refractivity contribution in [3.63, 3.8) is 0 Å². The van der Waals surface area contributed by atoms with Crippen LogP contribution in [0.4, 0.5) is 0 Å². The van der Waals surface area contributed by atoms with Crippen LogP contribution in [0.3, 0.4) is 0 Å². The molecule has 1 amide bonds. The normalized spacial score (nSPS) is 19.1. The van der Waals surface area contributed by atoms with Crippen LogP contribution >= 0.6 is 0 Å². The first-order chi connectivity index (χ1) is 9.24. The van der Waals surface area contributed by atoms with Crippen LogP contribution in [0.5, 0.6) is 0 Å². The summed E-state index contributed by atoms with van der Waals surface area (Å²) < 4.78 is 0. The van der Waals surface area contributed by atoms with Gasteiger partial charge in [-0.3, -0.25) is 4.79 Å². The molecule has 100 valence electrons. The lowest BCUT2D eigenvalue weighted by atomic mass is 9.81. The van der Waals surface area contributed by atoms with Crippen molar-refractivity contribution >= 4 is 5.91 Å². The van der Waals surface area contributed by atoms with Crippen molar-refractivity contribution in [2.24, 2.45) is 0 Å². The lowest BCUT2D eigenvalue weighted by Gasteiger charge is -2.25. The van der Waals surface area contributed by atoms with Gasteiger partial charge < -0.3 is 5.32 Å². The first-order valence-electron chi connectivity index (χ1n) is 7.01. The van der Waals surface area contributed by atoms with Crippen molar-refractivity contribution in [1.29, 1.82) is 5.26 Å². The number of hydrogen-bond donors (Lipinski definition) is 1. The minimum absolute atomic E-state index is 0.00453. The number of carbonyl (C=O) groups is 1. The van der Waals surface area contributed by atoms with E-state index in [1.807, 2.05) is 13.0 Å². The first kappa shape index (κ1) is 13.6. The number of benzene rings is 1. The Morgan fingerprint density at radius 2 is 2.32 bits per heavy atom. The quantitative estimate of drug-likeness (QED) is 0.900. The minimum atomic E-state index is -0.355. The average molecular weight is 256 g/mol. The predicted octanol–water partition coefficient (Wildman–Crippen LogP) is 2.91. The minimum Gasteiger partial charge on any atom is -0.340 e. The zero-order valence-corrected chi connectivity index (χ0v) is 11.4. The van der Waals surface area contributed by atoms with Crippen LogP contribution in [-0.4, -0.2) is 11.9 Å². The second-order valence-corrected chi connectivity index (χ2v) is 5.15. The molecule has 1 aliphatic rings. The lowest BCUT2D eigenvalue weighted by Crippen LogP contribution is -2.34. The molecular weight excluding hydrogens is 236 g/mol. The van der Waals surface area contributed by atoms with E-state index >= 15 is 0 Å². The molecule has 19 heavy (non-hydrogen) atoms. The van der Waals surface area contributed by atoms with E-state index in [9.17, 15) is 4.79 Å². The van der Waals surface area contributed by atoms with Gasteiger partial charge in [-0.15, -0.1) is 0 Å². The van der Waals surface area contributed by atoms with Crippen LogP contribution < -0.4 is 5.32 Å². The average Bonchev–Trinajstić information content (AvgIpc) is 2.45. The second-order valence-electron chi connectivity index (χ2n) is 5.15. The summed E-state index contributed by atoms with van der Waals surface area (Å²) in [6.45, 7) is 1.91. The van der Waals surface area contributed by atoms with Gasteiger partial charge in [0.1, 0.15) is 6.04 Å². The maximum absolute atomic E-state index is 12.0. The highest BCUT2D eigenvalue weighted by Crippen LogP contribution is 2.33. The Hall–Kier alpha value is -1.82. The maximum atomic E-state index is 12.0. The SMILES string of the molecule is CC[C@@H](C#N)NC(=O)C[C@@H]1CCCc2ccccc21. The van der Waals surface area contributed by atoms with E-state index in [0.29, 0.717) is 18.8 Å². The third kappa shape index (κ3) is 3.35. The molecule has 0 unspecified atom stereocenters. The molecule has 0 spiro atoms. The zero-order chi connectivity index (χ0) is 13.7. The molecule has 2 rings (SSSR count). The molecule has 1 aromatic rings. The highest BCUT2D eigenvalue weighted by atomic mass is 16.1. The van der Waals surface area contributed by atoms with Gasteiger partial charge in [-0.25, -0.2) is 0 Å². The molecule has 0 bridgehead atoms. The van der Waals surface area contributed by atoms with E-state index in [4.69, 9.17) is 5.26 Å². The Balaban J connectivity index is 2.01. The topological polar surface area (TPSA) is 52.9 Å². The molecule has 0 heterocycles. The Morgan fingerprint density at radius 3 is 3.05 bits per heavy atom. The Morgan fingerprint density at radius 1 is 1.53 bits per heavy atom.